The Morgan fingerprint density at radius 3 is 2.37 bits per heavy atom. The van der Waals surface area contributed by atoms with Crippen LogP contribution in [0.15, 0.2) is 18.2 Å². The average Bonchev–Trinajstić information content (AvgIpc) is 2.26. The van der Waals surface area contributed by atoms with Crippen LogP contribution < -0.4 is 15.2 Å². The first-order valence-electron chi connectivity index (χ1n) is 5.62. The minimum absolute atomic E-state index is 0.0926. The molecule has 0 aromatic heterocycles. The quantitative estimate of drug-likeness (QED) is 0.893. The van der Waals surface area contributed by atoms with Crippen molar-refractivity contribution in [3.63, 3.8) is 0 Å². The lowest BCUT2D eigenvalue weighted by atomic mass is 10.1. The molecule has 104 valence electrons. The number of carbonyl (C=O) groups is 2. The van der Waals surface area contributed by atoms with Crippen molar-refractivity contribution in [2.75, 3.05) is 12.4 Å². The number of ether oxygens (including phenoxy) is 2. The highest BCUT2D eigenvalue weighted by Gasteiger charge is 2.17. The number of nitrogens with one attached hydrogen (secondary N) is 1. The molecule has 0 bridgehead atoms. The molecule has 1 N–H and O–H groups in total. The van der Waals surface area contributed by atoms with Crippen molar-refractivity contribution in [3.8, 4) is 5.75 Å². The van der Waals surface area contributed by atoms with E-state index in [1.165, 1.54) is 25.3 Å². The predicted molar refractivity (Wildman–Crippen MR) is 67.2 cm³/mol. The molecular weight excluding hydrogens is 250 g/mol. The van der Waals surface area contributed by atoms with E-state index in [9.17, 15) is 14.7 Å². The minimum atomic E-state index is -1.41. The van der Waals surface area contributed by atoms with E-state index < -0.39 is 17.7 Å². The number of anilines is 1. The van der Waals surface area contributed by atoms with E-state index in [0.717, 1.165) is 0 Å². The first-order chi connectivity index (χ1) is 8.73. The third-order valence-corrected chi connectivity index (χ3v) is 2.08. The lowest BCUT2D eigenvalue weighted by molar-refractivity contribution is -0.254. The van der Waals surface area contributed by atoms with Crippen LogP contribution in [0.5, 0.6) is 5.75 Å². The molecule has 6 nitrogen and oxygen atoms in total. The topological polar surface area (TPSA) is 87.7 Å². The van der Waals surface area contributed by atoms with Gasteiger partial charge < -0.3 is 19.4 Å². The van der Waals surface area contributed by atoms with Gasteiger partial charge >= 0.3 is 6.09 Å². The smallest absolute Gasteiger partial charge is 0.412 e. The molecule has 0 aliphatic heterocycles. The number of carboxylic acids is 1. The summed E-state index contributed by atoms with van der Waals surface area (Å²) in [6.45, 7) is 5.13. The van der Waals surface area contributed by atoms with Gasteiger partial charge in [0.25, 0.3) is 0 Å². The van der Waals surface area contributed by atoms with Crippen LogP contribution in [0, 0.1) is 0 Å². The summed E-state index contributed by atoms with van der Waals surface area (Å²) in [5, 5.41) is 13.4. The molecule has 0 saturated heterocycles. The molecule has 0 heterocycles. The standard InChI is InChI=1S/C13H17NO5/c1-13(2,3)19-12(17)14-10-6-5-8(18-4)7-9(10)11(15)16/h5-7H,1-4H3,(H,14,17)(H,15,16)/p-1. The second kappa shape index (κ2) is 5.60. The molecule has 0 saturated carbocycles. The number of hydrogen-bond acceptors (Lipinski definition) is 5. The minimum Gasteiger partial charge on any atom is -0.545 e. The Kier molecular flexibility index (Phi) is 4.37. The maximum atomic E-state index is 11.6. The number of aromatic carboxylic acids is 1. The van der Waals surface area contributed by atoms with E-state index in [-0.39, 0.29) is 11.3 Å². The fourth-order valence-electron chi connectivity index (χ4n) is 1.34. The van der Waals surface area contributed by atoms with Gasteiger partial charge in [0, 0.05) is 5.56 Å². The maximum absolute atomic E-state index is 11.6. The van der Waals surface area contributed by atoms with Crippen LogP contribution in [-0.2, 0) is 4.74 Å². The summed E-state index contributed by atoms with van der Waals surface area (Å²) < 4.78 is 9.95. The van der Waals surface area contributed by atoms with Crippen LogP contribution in [0.1, 0.15) is 31.1 Å². The molecule has 6 heteroatoms. The first kappa shape index (κ1) is 14.8. The van der Waals surface area contributed by atoms with Crippen molar-refractivity contribution in [2.24, 2.45) is 0 Å². The zero-order valence-corrected chi connectivity index (χ0v) is 11.3. The van der Waals surface area contributed by atoms with Gasteiger partial charge in [-0.1, -0.05) is 0 Å². The summed E-state index contributed by atoms with van der Waals surface area (Å²) in [6.07, 6.45) is -0.736. The molecule has 1 amide bonds. The predicted octanol–water partition coefficient (Wildman–Crippen LogP) is 1.41. The summed E-state index contributed by atoms with van der Waals surface area (Å²) in [6, 6.07) is 4.20. The largest absolute Gasteiger partial charge is 0.545 e. The molecule has 1 aromatic rings. The van der Waals surface area contributed by atoms with Crippen LogP contribution in [0.2, 0.25) is 0 Å². The number of benzene rings is 1. The van der Waals surface area contributed by atoms with Crippen molar-refractivity contribution in [1.82, 2.24) is 0 Å². The van der Waals surface area contributed by atoms with E-state index in [1.807, 2.05) is 0 Å². The zero-order valence-electron chi connectivity index (χ0n) is 11.3. The maximum Gasteiger partial charge on any atom is 0.412 e. The first-order valence-corrected chi connectivity index (χ1v) is 5.62. The van der Waals surface area contributed by atoms with E-state index in [1.54, 1.807) is 20.8 Å². The van der Waals surface area contributed by atoms with Gasteiger partial charge in [0.1, 0.15) is 11.4 Å². The van der Waals surface area contributed by atoms with E-state index in [4.69, 9.17) is 9.47 Å². The van der Waals surface area contributed by atoms with Gasteiger partial charge in [0.15, 0.2) is 0 Å². The molecule has 0 spiro atoms. The Hall–Kier alpha value is -2.24. The average molecular weight is 266 g/mol. The van der Waals surface area contributed by atoms with Gasteiger partial charge in [0.05, 0.1) is 18.8 Å². The van der Waals surface area contributed by atoms with Crippen molar-refractivity contribution in [2.45, 2.75) is 26.4 Å². The molecular formula is C13H16NO5-. The highest BCUT2D eigenvalue weighted by molar-refractivity contribution is 5.98. The van der Waals surface area contributed by atoms with Crippen molar-refractivity contribution >= 4 is 17.7 Å². The molecule has 1 aromatic carbocycles. The second-order valence-electron chi connectivity index (χ2n) is 4.83. The number of amides is 1. The Morgan fingerprint density at radius 2 is 1.89 bits per heavy atom. The van der Waals surface area contributed by atoms with Crippen molar-refractivity contribution < 1.29 is 24.2 Å². The van der Waals surface area contributed by atoms with Gasteiger partial charge in [0.2, 0.25) is 0 Å². The third kappa shape index (κ3) is 4.50. The Morgan fingerprint density at radius 1 is 1.26 bits per heavy atom. The number of carboxylic acid groups (broad SMARTS) is 1. The second-order valence-corrected chi connectivity index (χ2v) is 4.83. The van der Waals surface area contributed by atoms with Gasteiger partial charge in [-0.3, -0.25) is 5.32 Å². The Labute approximate surface area is 111 Å². The summed E-state index contributed by atoms with van der Waals surface area (Å²) in [4.78, 5) is 22.6. The molecule has 1 rings (SSSR count). The molecule has 0 aliphatic carbocycles. The highest BCUT2D eigenvalue weighted by Crippen LogP contribution is 2.22. The van der Waals surface area contributed by atoms with Crippen LogP contribution >= 0.6 is 0 Å². The van der Waals surface area contributed by atoms with Crippen molar-refractivity contribution in [1.29, 1.82) is 0 Å². The lowest BCUT2D eigenvalue weighted by Crippen LogP contribution is -2.29. The zero-order chi connectivity index (χ0) is 14.6. The summed E-state index contributed by atoms with van der Waals surface area (Å²) in [7, 11) is 1.41. The Bertz CT molecular complexity index is 490. The van der Waals surface area contributed by atoms with Crippen LogP contribution in [0.25, 0.3) is 0 Å². The van der Waals surface area contributed by atoms with Gasteiger partial charge in [-0.25, -0.2) is 4.79 Å². The fourth-order valence-corrected chi connectivity index (χ4v) is 1.34. The molecule has 19 heavy (non-hydrogen) atoms. The summed E-state index contributed by atoms with van der Waals surface area (Å²) in [5.74, 6) is -1.06. The monoisotopic (exact) mass is 266 g/mol. The summed E-state index contributed by atoms with van der Waals surface area (Å²) in [5.41, 5.74) is -0.752. The van der Waals surface area contributed by atoms with Crippen LogP contribution in [-0.4, -0.2) is 24.8 Å². The lowest BCUT2D eigenvalue weighted by Gasteiger charge is -2.20. The van der Waals surface area contributed by atoms with Gasteiger partial charge in [-0.15, -0.1) is 0 Å². The van der Waals surface area contributed by atoms with E-state index in [0.29, 0.717) is 5.75 Å². The normalized spacial score (nSPS) is 10.7. The number of methoxy groups -OCH3 is 1. The number of rotatable bonds is 3. The molecule has 0 atom stereocenters. The van der Waals surface area contributed by atoms with Gasteiger partial charge in [-0.2, -0.15) is 0 Å². The molecule has 0 radical (unpaired) electrons. The van der Waals surface area contributed by atoms with Crippen molar-refractivity contribution in [3.05, 3.63) is 23.8 Å². The van der Waals surface area contributed by atoms with E-state index >= 15 is 0 Å². The summed E-state index contributed by atoms with van der Waals surface area (Å²) >= 11 is 0. The highest BCUT2D eigenvalue weighted by atomic mass is 16.6. The third-order valence-electron chi connectivity index (χ3n) is 2.08. The molecule has 0 aliphatic rings. The SMILES string of the molecule is COc1ccc(NC(=O)OC(C)(C)C)c(C(=O)[O-])c1. The number of hydrogen-bond donors (Lipinski definition) is 1. The number of carbonyl (C=O) groups excluding carboxylic acids is 2. The Balaban J connectivity index is 2.95. The van der Waals surface area contributed by atoms with Crippen LogP contribution in [0.4, 0.5) is 10.5 Å². The van der Waals surface area contributed by atoms with Crippen LogP contribution in [0.3, 0.4) is 0 Å². The molecule has 0 fully saturated rings. The molecule has 0 unspecified atom stereocenters. The fraction of sp³-hybridized carbons (Fsp3) is 0.385. The van der Waals surface area contributed by atoms with Gasteiger partial charge in [-0.05, 0) is 39.0 Å². The van der Waals surface area contributed by atoms with E-state index in [2.05, 4.69) is 5.32 Å².